The van der Waals surface area contributed by atoms with E-state index in [0.29, 0.717) is 6.42 Å². The number of carbonyl (C=O) groups is 1. The molecule has 0 N–H and O–H groups in total. The van der Waals surface area contributed by atoms with Gasteiger partial charge in [-0.25, -0.2) is 0 Å². The lowest BCUT2D eigenvalue weighted by Crippen LogP contribution is -2.09. The molecule has 0 aromatic heterocycles. The van der Waals surface area contributed by atoms with Crippen molar-refractivity contribution in [1.82, 2.24) is 0 Å². The first-order valence-electron chi connectivity index (χ1n) is 5.01. The quantitative estimate of drug-likeness (QED) is 0.720. The van der Waals surface area contributed by atoms with Crippen molar-refractivity contribution in [1.29, 1.82) is 0 Å². The fourth-order valence-corrected chi connectivity index (χ4v) is 1.55. The van der Waals surface area contributed by atoms with Crippen molar-refractivity contribution in [2.45, 2.75) is 31.6 Å². The van der Waals surface area contributed by atoms with E-state index in [1.807, 2.05) is 24.3 Å². The zero-order chi connectivity index (χ0) is 11.3. The maximum Gasteiger partial charge on any atom is 0.150 e. The summed E-state index contributed by atoms with van der Waals surface area (Å²) in [5.74, 6) is 0.116. The van der Waals surface area contributed by atoms with Crippen LogP contribution in [-0.2, 0) is 11.2 Å². The normalized spacial score (nSPS) is 12.5. The third-order valence-corrected chi connectivity index (χ3v) is 2.74. The first kappa shape index (κ1) is 12.5. The van der Waals surface area contributed by atoms with Crippen LogP contribution in [0.3, 0.4) is 0 Å². The maximum absolute atomic E-state index is 11.2. The van der Waals surface area contributed by atoms with E-state index in [2.05, 4.69) is 0 Å². The molecule has 1 atom stereocenters. The van der Waals surface area contributed by atoms with E-state index in [4.69, 9.17) is 23.2 Å². The van der Waals surface area contributed by atoms with E-state index in [0.717, 1.165) is 17.9 Å². The average molecular weight is 245 g/mol. The standard InChI is InChI=1S/C12H14Cl2O/c1-9(13)12(15)4-2-3-10-5-7-11(14)8-6-10/h5-9H,2-4H2,1H3. The molecule has 0 heterocycles. The van der Waals surface area contributed by atoms with Gasteiger partial charge in [-0.05, 0) is 37.5 Å². The number of hydrogen-bond donors (Lipinski definition) is 0. The molecule has 0 bridgehead atoms. The predicted octanol–water partition coefficient (Wildman–Crippen LogP) is 3.86. The van der Waals surface area contributed by atoms with E-state index in [9.17, 15) is 4.79 Å². The second-order valence-electron chi connectivity index (χ2n) is 3.56. The van der Waals surface area contributed by atoms with E-state index >= 15 is 0 Å². The molecule has 0 radical (unpaired) electrons. The van der Waals surface area contributed by atoms with Crippen LogP contribution in [0.2, 0.25) is 5.02 Å². The summed E-state index contributed by atoms with van der Waals surface area (Å²) in [6, 6.07) is 7.69. The first-order chi connectivity index (χ1) is 7.09. The number of alkyl halides is 1. The van der Waals surface area contributed by atoms with Crippen molar-refractivity contribution in [2.75, 3.05) is 0 Å². The summed E-state index contributed by atoms with van der Waals surface area (Å²) in [4.78, 5) is 11.2. The molecule has 0 aliphatic carbocycles. The molecule has 0 saturated heterocycles. The summed E-state index contributed by atoms with van der Waals surface area (Å²) >= 11 is 11.4. The zero-order valence-electron chi connectivity index (χ0n) is 8.67. The Morgan fingerprint density at radius 1 is 1.33 bits per heavy atom. The third-order valence-electron chi connectivity index (χ3n) is 2.25. The van der Waals surface area contributed by atoms with Crippen LogP contribution in [0.25, 0.3) is 0 Å². The van der Waals surface area contributed by atoms with Crippen LogP contribution in [0.1, 0.15) is 25.3 Å². The summed E-state index contributed by atoms with van der Waals surface area (Å²) in [6.07, 6.45) is 2.29. The van der Waals surface area contributed by atoms with E-state index < -0.39 is 0 Å². The molecule has 1 unspecified atom stereocenters. The Bertz CT molecular complexity index is 317. The minimum atomic E-state index is -0.366. The molecule has 1 nitrogen and oxygen atoms in total. The Hall–Kier alpha value is -0.530. The second kappa shape index (κ2) is 6.14. The number of ketones is 1. The smallest absolute Gasteiger partial charge is 0.150 e. The summed E-state index contributed by atoms with van der Waals surface area (Å²) in [5.41, 5.74) is 1.20. The largest absolute Gasteiger partial charge is 0.298 e. The lowest BCUT2D eigenvalue weighted by atomic mass is 10.1. The molecule has 1 rings (SSSR count). The number of Topliss-reactive ketones (excluding diaryl/α,β-unsaturated/α-hetero) is 1. The van der Waals surface area contributed by atoms with E-state index in [1.54, 1.807) is 6.92 Å². The minimum absolute atomic E-state index is 0.116. The number of aryl methyl sites for hydroxylation is 1. The number of rotatable bonds is 5. The molecule has 3 heteroatoms. The van der Waals surface area contributed by atoms with Crippen LogP contribution < -0.4 is 0 Å². The topological polar surface area (TPSA) is 17.1 Å². The van der Waals surface area contributed by atoms with Gasteiger partial charge in [-0.2, -0.15) is 0 Å². The van der Waals surface area contributed by atoms with Crippen molar-refractivity contribution in [3.05, 3.63) is 34.9 Å². The van der Waals surface area contributed by atoms with Crippen LogP contribution >= 0.6 is 23.2 Å². The summed E-state index contributed by atoms with van der Waals surface area (Å²) in [6.45, 7) is 1.71. The molecule has 1 aromatic rings. The molecular weight excluding hydrogens is 231 g/mol. The monoisotopic (exact) mass is 244 g/mol. The van der Waals surface area contributed by atoms with E-state index in [1.165, 1.54) is 5.56 Å². The molecule has 0 amide bonds. The third kappa shape index (κ3) is 4.67. The highest BCUT2D eigenvalue weighted by atomic mass is 35.5. The van der Waals surface area contributed by atoms with Gasteiger partial charge in [-0.3, -0.25) is 4.79 Å². The molecule has 0 aliphatic heterocycles. The highest BCUT2D eigenvalue weighted by Gasteiger charge is 2.08. The lowest BCUT2D eigenvalue weighted by molar-refractivity contribution is -0.118. The highest BCUT2D eigenvalue weighted by Crippen LogP contribution is 2.12. The van der Waals surface area contributed by atoms with Crippen molar-refractivity contribution < 1.29 is 4.79 Å². The van der Waals surface area contributed by atoms with Crippen molar-refractivity contribution in [3.8, 4) is 0 Å². The second-order valence-corrected chi connectivity index (χ2v) is 4.65. The van der Waals surface area contributed by atoms with Crippen LogP contribution in [0, 0.1) is 0 Å². The van der Waals surface area contributed by atoms with Gasteiger partial charge in [-0.1, -0.05) is 23.7 Å². The fraction of sp³-hybridized carbons (Fsp3) is 0.417. The molecule has 82 valence electrons. The number of halogens is 2. The molecular formula is C12H14Cl2O. The predicted molar refractivity (Wildman–Crippen MR) is 64.7 cm³/mol. The van der Waals surface area contributed by atoms with Crippen molar-refractivity contribution >= 4 is 29.0 Å². The molecule has 15 heavy (non-hydrogen) atoms. The molecule has 1 aromatic carbocycles. The summed E-state index contributed by atoms with van der Waals surface area (Å²) in [7, 11) is 0. The number of benzene rings is 1. The van der Waals surface area contributed by atoms with Crippen molar-refractivity contribution in [3.63, 3.8) is 0 Å². The van der Waals surface area contributed by atoms with Gasteiger partial charge in [-0.15, -0.1) is 11.6 Å². The van der Waals surface area contributed by atoms with Crippen LogP contribution in [0.4, 0.5) is 0 Å². The Labute approximate surface area is 100 Å². The molecule has 0 saturated carbocycles. The number of carbonyl (C=O) groups excluding carboxylic acids is 1. The van der Waals surface area contributed by atoms with Crippen LogP contribution in [0.15, 0.2) is 24.3 Å². The minimum Gasteiger partial charge on any atom is -0.298 e. The van der Waals surface area contributed by atoms with Crippen LogP contribution in [0.5, 0.6) is 0 Å². The van der Waals surface area contributed by atoms with Gasteiger partial charge in [0.2, 0.25) is 0 Å². The summed E-state index contributed by atoms with van der Waals surface area (Å²) < 4.78 is 0. The molecule has 0 spiro atoms. The van der Waals surface area contributed by atoms with Gasteiger partial charge in [0.25, 0.3) is 0 Å². The summed E-state index contributed by atoms with van der Waals surface area (Å²) in [5, 5.41) is 0.374. The van der Waals surface area contributed by atoms with Gasteiger partial charge in [0.15, 0.2) is 0 Å². The van der Waals surface area contributed by atoms with Gasteiger partial charge in [0, 0.05) is 11.4 Å². The average Bonchev–Trinajstić information content (AvgIpc) is 2.20. The van der Waals surface area contributed by atoms with Gasteiger partial charge >= 0.3 is 0 Å². The SMILES string of the molecule is CC(Cl)C(=O)CCCc1ccc(Cl)cc1. The molecule has 0 aliphatic rings. The van der Waals surface area contributed by atoms with Crippen LogP contribution in [-0.4, -0.2) is 11.2 Å². The van der Waals surface area contributed by atoms with Gasteiger partial charge < -0.3 is 0 Å². The van der Waals surface area contributed by atoms with E-state index in [-0.39, 0.29) is 11.2 Å². The Balaban J connectivity index is 2.32. The lowest BCUT2D eigenvalue weighted by Gasteiger charge is -2.03. The van der Waals surface area contributed by atoms with Crippen molar-refractivity contribution in [2.24, 2.45) is 0 Å². The Morgan fingerprint density at radius 2 is 1.93 bits per heavy atom. The highest BCUT2D eigenvalue weighted by molar-refractivity contribution is 6.31. The zero-order valence-corrected chi connectivity index (χ0v) is 10.2. The Kier molecular flexibility index (Phi) is 5.13. The first-order valence-corrected chi connectivity index (χ1v) is 5.82. The molecule has 0 fully saturated rings. The fourth-order valence-electron chi connectivity index (χ4n) is 1.32. The van der Waals surface area contributed by atoms with Gasteiger partial charge in [0.05, 0.1) is 5.38 Å². The maximum atomic E-state index is 11.2. The van der Waals surface area contributed by atoms with Gasteiger partial charge in [0.1, 0.15) is 5.78 Å². The Morgan fingerprint density at radius 3 is 2.47 bits per heavy atom. The number of hydrogen-bond acceptors (Lipinski definition) is 1.